The fourth-order valence-corrected chi connectivity index (χ4v) is 3.32. The summed E-state index contributed by atoms with van der Waals surface area (Å²) in [5.41, 5.74) is 0.826. The van der Waals surface area contributed by atoms with E-state index < -0.39 is 42.8 Å². The maximum Gasteiger partial charge on any atom is 0.337 e. The number of rotatable bonds is 4. The van der Waals surface area contributed by atoms with Crippen LogP contribution in [0.3, 0.4) is 0 Å². The number of aromatic nitrogens is 1. The van der Waals surface area contributed by atoms with Gasteiger partial charge >= 0.3 is 5.97 Å². The Hall–Kier alpha value is -2.11. The molecule has 0 aliphatic carbocycles. The normalized spacial score (nSPS) is 36.7. The van der Waals surface area contributed by atoms with Crippen molar-refractivity contribution < 1.29 is 39.1 Å². The Labute approximate surface area is 155 Å². The first-order valence-electron chi connectivity index (χ1n) is 8.44. The lowest BCUT2D eigenvalue weighted by molar-refractivity contribution is -0.301. The van der Waals surface area contributed by atoms with Crippen molar-refractivity contribution in [2.75, 3.05) is 14.2 Å². The van der Waals surface area contributed by atoms with E-state index in [9.17, 15) is 24.9 Å². The smallest absolute Gasteiger partial charge is 0.337 e. The first-order valence-corrected chi connectivity index (χ1v) is 8.44. The van der Waals surface area contributed by atoms with Crippen LogP contribution < -0.4 is 0 Å². The molecule has 3 N–H and O–H groups in total. The van der Waals surface area contributed by atoms with Gasteiger partial charge in [-0.25, -0.2) is 4.79 Å². The Balaban J connectivity index is 1.73. The summed E-state index contributed by atoms with van der Waals surface area (Å²) in [6.45, 7) is 0. The fourth-order valence-electron chi connectivity index (χ4n) is 3.32. The molecule has 1 aromatic heterocycles. The van der Waals surface area contributed by atoms with Gasteiger partial charge < -0.3 is 34.4 Å². The van der Waals surface area contributed by atoms with Gasteiger partial charge in [-0.15, -0.1) is 0 Å². The number of ether oxygens (including phenoxy) is 3. The van der Waals surface area contributed by atoms with E-state index in [1.165, 1.54) is 4.90 Å². The predicted molar refractivity (Wildman–Crippen MR) is 87.9 cm³/mol. The van der Waals surface area contributed by atoms with E-state index in [1.54, 1.807) is 25.5 Å². The number of methoxy groups -OCH3 is 1. The van der Waals surface area contributed by atoms with Gasteiger partial charge in [-0.1, -0.05) is 6.07 Å². The number of hydrogen-bond acceptors (Lipinski definition) is 9. The number of likely N-dealkylation sites (tertiary alicyclic amines) is 1. The van der Waals surface area contributed by atoms with E-state index in [1.807, 2.05) is 6.07 Å². The molecule has 0 bridgehead atoms. The summed E-state index contributed by atoms with van der Waals surface area (Å²) < 4.78 is 15.4. The first kappa shape index (κ1) is 19.6. The van der Waals surface area contributed by atoms with Crippen LogP contribution in [0.4, 0.5) is 0 Å². The Kier molecular flexibility index (Phi) is 5.72. The largest absolute Gasteiger partial charge is 0.467 e. The topological polar surface area (TPSA) is 139 Å². The third-order valence-electron chi connectivity index (χ3n) is 4.90. The molecule has 2 fully saturated rings. The maximum absolute atomic E-state index is 12.5. The monoisotopic (exact) mass is 382 g/mol. The molecule has 1 amide bonds. The third-order valence-corrected chi connectivity index (χ3v) is 4.90. The van der Waals surface area contributed by atoms with Crippen molar-refractivity contribution in [3.63, 3.8) is 0 Å². The van der Waals surface area contributed by atoms with Crippen LogP contribution in [-0.4, -0.2) is 88.0 Å². The van der Waals surface area contributed by atoms with Gasteiger partial charge in [0.2, 0.25) is 0 Å². The van der Waals surface area contributed by atoms with Crippen LogP contribution in [0.5, 0.6) is 0 Å². The lowest BCUT2D eigenvalue weighted by Crippen LogP contribution is -2.61. The van der Waals surface area contributed by atoms with Crippen molar-refractivity contribution in [1.29, 1.82) is 0 Å². The van der Waals surface area contributed by atoms with Crippen LogP contribution in [0, 0.1) is 0 Å². The minimum atomic E-state index is -1.70. The molecule has 0 radical (unpaired) electrons. The lowest BCUT2D eigenvalue weighted by Gasteiger charge is -2.39. The zero-order chi connectivity index (χ0) is 19.7. The molecular formula is C17H22N2O8. The van der Waals surface area contributed by atoms with Gasteiger partial charge in [0.1, 0.15) is 24.4 Å². The molecule has 7 atom stereocenters. The minimum absolute atomic E-state index is 0.273. The summed E-state index contributed by atoms with van der Waals surface area (Å²) in [4.78, 5) is 29.8. The Bertz CT molecular complexity index is 687. The van der Waals surface area contributed by atoms with Gasteiger partial charge in [0, 0.05) is 25.9 Å². The van der Waals surface area contributed by atoms with Crippen LogP contribution in [0.15, 0.2) is 24.5 Å². The number of pyridine rings is 1. The van der Waals surface area contributed by atoms with E-state index in [0.717, 1.165) is 12.7 Å². The molecule has 10 nitrogen and oxygen atoms in total. The summed E-state index contributed by atoms with van der Waals surface area (Å²) in [7, 11) is 2.72. The third kappa shape index (κ3) is 3.66. The summed E-state index contributed by atoms with van der Waals surface area (Å²) >= 11 is 0. The number of likely N-dealkylation sites (N-methyl/N-ethyl adjacent to an activating group) is 1. The average Bonchev–Trinajstić information content (AvgIpc) is 2.97. The Morgan fingerprint density at radius 1 is 1.30 bits per heavy atom. The van der Waals surface area contributed by atoms with Crippen molar-refractivity contribution >= 4 is 11.9 Å². The van der Waals surface area contributed by atoms with Crippen LogP contribution >= 0.6 is 0 Å². The number of aliphatic hydroxyl groups is 3. The van der Waals surface area contributed by atoms with E-state index in [2.05, 4.69) is 9.72 Å². The van der Waals surface area contributed by atoms with Gasteiger partial charge in [0.25, 0.3) is 5.91 Å². The second kappa shape index (κ2) is 7.87. The summed E-state index contributed by atoms with van der Waals surface area (Å²) in [5, 5.41) is 30.0. The van der Waals surface area contributed by atoms with Gasteiger partial charge in [0.15, 0.2) is 12.4 Å². The van der Waals surface area contributed by atoms with Gasteiger partial charge in [0.05, 0.1) is 13.2 Å². The van der Waals surface area contributed by atoms with Crippen LogP contribution in [0.1, 0.15) is 18.0 Å². The highest BCUT2D eigenvalue weighted by Gasteiger charge is 2.50. The lowest BCUT2D eigenvalue weighted by atomic mass is 9.99. The van der Waals surface area contributed by atoms with Crippen LogP contribution in [-0.2, 0) is 23.8 Å². The molecule has 3 heterocycles. The highest BCUT2D eigenvalue weighted by molar-refractivity contribution is 5.83. The second-order valence-electron chi connectivity index (χ2n) is 6.53. The van der Waals surface area contributed by atoms with Crippen LogP contribution in [0.25, 0.3) is 0 Å². The van der Waals surface area contributed by atoms with Crippen molar-refractivity contribution in [2.45, 2.75) is 49.3 Å². The Morgan fingerprint density at radius 2 is 2.04 bits per heavy atom. The number of hydrogen-bond donors (Lipinski definition) is 3. The SMILES string of the molecule is COC(=O)[C@H]1O[C@@H](O[C@@H]2C[C@@H](c3cccnc3)N(C)C2=O)[C@H](O)[C@@H](O)[C@@H]1O. The Morgan fingerprint density at radius 3 is 2.67 bits per heavy atom. The van der Waals surface area contributed by atoms with Crippen LogP contribution in [0.2, 0.25) is 0 Å². The molecule has 10 heteroatoms. The van der Waals surface area contributed by atoms with Gasteiger partial charge in [-0.3, -0.25) is 9.78 Å². The highest BCUT2D eigenvalue weighted by atomic mass is 16.7. The molecule has 148 valence electrons. The number of carbonyl (C=O) groups is 2. The second-order valence-corrected chi connectivity index (χ2v) is 6.53. The zero-order valence-electron chi connectivity index (χ0n) is 14.8. The highest BCUT2D eigenvalue weighted by Crippen LogP contribution is 2.34. The van der Waals surface area contributed by atoms with E-state index >= 15 is 0 Å². The van der Waals surface area contributed by atoms with Crippen molar-refractivity contribution in [2.24, 2.45) is 0 Å². The number of aliphatic hydroxyl groups excluding tert-OH is 3. The summed E-state index contributed by atoms with van der Waals surface area (Å²) in [5.74, 6) is -1.26. The van der Waals surface area contributed by atoms with E-state index in [0.29, 0.717) is 0 Å². The molecular weight excluding hydrogens is 360 g/mol. The molecule has 3 rings (SSSR count). The predicted octanol–water partition coefficient (Wildman–Crippen LogP) is -1.65. The zero-order valence-corrected chi connectivity index (χ0v) is 14.8. The molecule has 2 aliphatic heterocycles. The van der Waals surface area contributed by atoms with Crippen molar-refractivity contribution in [1.82, 2.24) is 9.88 Å². The standard InChI is InChI=1S/C17H22N2O8/c1-19-9(8-4-3-5-18-7-8)6-10(15(19)23)26-17-13(22)11(20)12(21)14(27-17)16(24)25-2/h3-5,7,9-14,17,20-22H,6H2,1-2H3/t9-,10+,11-,12-,13+,14-,17+/m0/s1. The number of nitrogens with zero attached hydrogens (tertiary/aromatic N) is 2. The molecule has 0 aromatic carbocycles. The van der Waals surface area contributed by atoms with Gasteiger partial charge in [-0.05, 0) is 11.6 Å². The van der Waals surface area contributed by atoms with Gasteiger partial charge in [-0.2, -0.15) is 0 Å². The number of carbonyl (C=O) groups excluding carboxylic acids is 2. The molecule has 2 aliphatic rings. The minimum Gasteiger partial charge on any atom is -0.467 e. The number of amides is 1. The van der Waals surface area contributed by atoms with Crippen molar-refractivity contribution in [3.8, 4) is 0 Å². The van der Waals surface area contributed by atoms with Crippen molar-refractivity contribution in [3.05, 3.63) is 30.1 Å². The molecule has 0 saturated carbocycles. The maximum atomic E-state index is 12.5. The average molecular weight is 382 g/mol. The molecule has 27 heavy (non-hydrogen) atoms. The quantitative estimate of drug-likeness (QED) is 0.523. The van der Waals surface area contributed by atoms with E-state index in [4.69, 9.17) is 9.47 Å². The molecule has 1 aromatic rings. The number of esters is 1. The molecule has 2 saturated heterocycles. The first-order chi connectivity index (χ1) is 12.8. The molecule has 0 unspecified atom stereocenters. The molecule has 0 spiro atoms. The fraction of sp³-hybridized carbons (Fsp3) is 0.588. The van der Waals surface area contributed by atoms with E-state index in [-0.39, 0.29) is 18.4 Å². The summed E-state index contributed by atoms with van der Waals surface area (Å²) in [6, 6.07) is 3.32. The summed E-state index contributed by atoms with van der Waals surface area (Å²) in [6.07, 6.45) is -5.46.